The molecule has 0 unspecified atom stereocenters. The normalized spacial score (nSPS) is 11.8. The molecular weight excluding hydrogens is 1280 g/mol. The second-order valence-corrected chi connectivity index (χ2v) is 22.3. The number of nitrogens with zero attached hydrogens (tertiary/aromatic N) is 4. The predicted molar refractivity (Wildman–Crippen MR) is 307 cm³/mol. The molecule has 2 heterocycles. The van der Waals surface area contributed by atoms with Gasteiger partial charge >= 0.3 is 42.3 Å². The van der Waals surface area contributed by atoms with Gasteiger partial charge in [0, 0.05) is 82.5 Å². The molecule has 5 amide bonds. The van der Waals surface area contributed by atoms with E-state index in [2.05, 4.69) is 30.7 Å². The maximum atomic E-state index is 12.8. The monoisotopic (exact) mass is 1380 g/mol. The minimum Gasteiger partial charge on any atom is -0.481 e. The molecule has 1 radical (unpaired) electrons. The number of hydrogen-bond acceptors (Lipinski definition) is 17. The maximum absolute atomic E-state index is 12.8. The van der Waals surface area contributed by atoms with Gasteiger partial charge in [0.2, 0.25) is 5.91 Å². The van der Waals surface area contributed by atoms with Crippen LogP contribution in [0.4, 0.5) is 30.8 Å². The number of methoxy groups -OCH3 is 2. The zero-order valence-electron chi connectivity index (χ0n) is 52.1. The fourth-order valence-electron chi connectivity index (χ4n) is 6.19. The van der Waals surface area contributed by atoms with Gasteiger partial charge in [-0.3, -0.25) is 24.2 Å². The number of aliphatic carboxylic acids is 1. The number of amides is 5. The standard InChI is InChI=1S/C27H44N4O7.C15H22N2O4.C12H22ClNO4.BH2.H3N.U/c1-19-14-16-28-21(18-19)31(25(35)38-27(5,6)7)17-11-13-22(32)30-20(23(33)36-8)12-9-10-15-29-24(34)37-26(2,3)4;1-11-7-8-16-12(10-11)17(9-5-6-13(18)19)14(20)21-15(2,3)4;1-12(2,3)18-11(16)14-8-6-5-7-9(13)10(15)17-4;;;/h14,16,18,20H,9-13,15,17H2,1-8H3,(H,29,34)(H,30,32);7-8,10H,5-6,9H2,1-4H3,(H,18,19);9H,5-8H2,1-4H3,(H,14,16);1H2;1H3;/t20-;;9-;;;/m0.0.../s1/i;;;1T2;;. The average Bonchev–Trinajstić information content (AvgIpc) is 3.31. The second kappa shape index (κ2) is 40.7. The summed E-state index contributed by atoms with van der Waals surface area (Å²) in [6, 6.07) is 6.38. The molecule has 2 rings (SSSR count). The van der Waals surface area contributed by atoms with Crippen molar-refractivity contribution in [1.82, 2.24) is 32.1 Å². The van der Waals surface area contributed by atoms with Gasteiger partial charge in [-0.1, -0.05) is 0 Å². The molecule has 0 aliphatic rings. The van der Waals surface area contributed by atoms with Crippen LogP contribution in [-0.2, 0) is 47.6 Å². The Morgan fingerprint density at radius 2 is 1.00 bits per heavy atom. The molecule has 0 bridgehead atoms. The summed E-state index contributed by atoms with van der Waals surface area (Å²) in [6.45, 7) is 26.6. The van der Waals surface area contributed by atoms with Crippen LogP contribution in [0.5, 0.6) is 0 Å². The fraction of sp³-hybridized carbons (Fsp3) is 0.667. The van der Waals surface area contributed by atoms with Crippen molar-refractivity contribution in [3.05, 3.63) is 47.8 Å². The molecule has 23 nitrogen and oxygen atoms in total. The smallest absolute Gasteiger partial charge is 0.416 e. The van der Waals surface area contributed by atoms with E-state index in [4.69, 9.17) is 43.1 Å². The first-order valence-corrected chi connectivity index (χ1v) is 26.1. The van der Waals surface area contributed by atoms with E-state index in [1.165, 1.54) is 24.0 Å². The molecule has 0 aliphatic carbocycles. The molecule has 2 aromatic heterocycles. The number of unbranched alkanes of at least 4 members (excludes halogenated alkanes) is 2. The minimum absolute atomic E-state index is 0. The van der Waals surface area contributed by atoms with E-state index in [9.17, 15) is 38.4 Å². The Bertz CT molecular complexity index is 2220. The zero-order chi connectivity index (χ0) is 61.9. The molecule has 2 atom stereocenters. The van der Waals surface area contributed by atoms with Gasteiger partial charge in [0.1, 0.15) is 45.5 Å². The molecule has 0 spiro atoms. The summed E-state index contributed by atoms with van der Waals surface area (Å²) < 4.78 is 42.0. The van der Waals surface area contributed by atoms with Crippen LogP contribution in [0.25, 0.3) is 0 Å². The number of alkyl halides is 1. The van der Waals surface area contributed by atoms with Gasteiger partial charge in [0.15, 0.2) is 0 Å². The van der Waals surface area contributed by atoms with Gasteiger partial charge in [-0.15, -0.1) is 11.6 Å². The summed E-state index contributed by atoms with van der Waals surface area (Å²) in [6.07, 6.45) is 5.47. The van der Waals surface area contributed by atoms with E-state index >= 15 is 0 Å². The third-order valence-electron chi connectivity index (χ3n) is 9.56. The number of carbonyl (C=O) groups is 8. The number of nitrogens with one attached hydrogen (secondary N) is 3. The number of halogens is 1. The van der Waals surface area contributed by atoms with Crippen molar-refractivity contribution in [3.63, 3.8) is 0 Å². The van der Waals surface area contributed by atoms with Gasteiger partial charge in [0.05, 0.1) is 22.6 Å². The van der Waals surface area contributed by atoms with Gasteiger partial charge in [0.25, 0.3) is 0 Å². The molecule has 0 saturated heterocycles. The molecule has 26 heteroatoms. The van der Waals surface area contributed by atoms with Crippen molar-refractivity contribution in [1.29, 1.82) is 2.67 Å². The zero-order valence-corrected chi connectivity index (χ0v) is 55.1. The average molecular weight is 1380 g/mol. The summed E-state index contributed by atoms with van der Waals surface area (Å²) in [4.78, 5) is 106. The van der Waals surface area contributed by atoms with Crippen LogP contribution >= 0.6 is 11.6 Å². The molecule has 2 aromatic rings. The van der Waals surface area contributed by atoms with Crippen molar-refractivity contribution in [3.8, 4) is 0 Å². The van der Waals surface area contributed by atoms with E-state index < -0.39 is 76.1 Å². The summed E-state index contributed by atoms with van der Waals surface area (Å²) >= 11 is 5.77. The number of esters is 2. The Labute approximate surface area is 507 Å². The number of hydrogen-bond donors (Lipinski definition) is 5. The number of carbonyl (C=O) groups excluding carboxylic acids is 7. The molecule has 0 aliphatic heterocycles. The number of alkyl carbamates (subject to hydrolysis) is 2. The van der Waals surface area contributed by atoms with Crippen molar-refractivity contribution >= 4 is 79.8 Å². The van der Waals surface area contributed by atoms with E-state index in [1.807, 2.05) is 26.0 Å². The minimum atomic E-state index is -0.892. The molecule has 0 saturated carbocycles. The largest absolute Gasteiger partial charge is 0.481 e. The molecule has 7 N–H and O–H groups in total. The third kappa shape index (κ3) is 41.6. The number of rotatable bonds is 23. The van der Waals surface area contributed by atoms with Crippen molar-refractivity contribution in [2.24, 2.45) is 0 Å². The van der Waals surface area contributed by atoms with Crippen LogP contribution in [0.2, 0.25) is 0 Å². The Morgan fingerprint density at radius 3 is 1.35 bits per heavy atom. The Hall–Kier alpha value is -5.37. The molecule has 80 heavy (non-hydrogen) atoms. The topological polar surface area (TPSA) is 316 Å². The van der Waals surface area contributed by atoms with E-state index in [0.717, 1.165) is 24.0 Å². The van der Waals surface area contributed by atoms with Crippen LogP contribution < -0.4 is 31.9 Å². The molecule has 0 aromatic carbocycles. The second-order valence-electron chi connectivity index (χ2n) is 21.7. The van der Waals surface area contributed by atoms with Crippen LogP contribution in [0.15, 0.2) is 36.7 Å². The first kappa shape index (κ1) is 76.7. The Kier molecular flexibility index (Phi) is 39.1. The van der Waals surface area contributed by atoms with E-state index in [0.29, 0.717) is 71.6 Å². The summed E-state index contributed by atoms with van der Waals surface area (Å²) in [7, 11) is 3.07. The number of pyridine rings is 2. The van der Waals surface area contributed by atoms with Gasteiger partial charge in [-0.25, -0.2) is 33.9 Å². The summed E-state index contributed by atoms with van der Waals surface area (Å²) in [5.74, 6) is -1.29. The number of ether oxygens (including phenoxy) is 6. The van der Waals surface area contributed by atoms with Crippen LogP contribution in [-0.4, -0.2) is 148 Å². The quantitative estimate of drug-likeness (QED) is 0.0228. The Balaban J connectivity index is -0.000000585. The van der Waals surface area contributed by atoms with Crippen LogP contribution in [0.1, 0.15) is 158 Å². The van der Waals surface area contributed by atoms with Crippen LogP contribution in [0.3, 0.4) is 0 Å². The fourth-order valence-corrected chi connectivity index (χ4v) is 6.43. The van der Waals surface area contributed by atoms with Crippen molar-refractivity contribution < 1.29 is 103 Å². The first-order chi connectivity index (χ1) is 37.0. The number of aryl methyl sites for hydroxylation is 2. The molecule has 0 fully saturated rings. The third-order valence-corrected chi connectivity index (χ3v) is 9.96. The van der Waals surface area contributed by atoms with Crippen LogP contribution in [0, 0.1) is 45.0 Å². The van der Waals surface area contributed by atoms with Gasteiger partial charge in [-0.2, -0.15) is 0 Å². The maximum Gasteiger partial charge on any atom is 0.416 e. The van der Waals surface area contributed by atoms with Gasteiger partial charge in [-0.05, 0) is 186 Å². The van der Waals surface area contributed by atoms with E-state index in [-0.39, 0.29) is 69.1 Å². The molecular formula is C54H93BClN8O15U. The first-order valence-electron chi connectivity index (χ1n) is 26.8. The summed E-state index contributed by atoms with van der Waals surface area (Å²) in [5.41, 5.74) is -0.477. The van der Waals surface area contributed by atoms with Crippen molar-refractivity contribution in [2.75, 3.05) is 50.2 Å². The SMILES string of the molecule is COC(=O)[C@@H](Cl)CCCCNC(=O)OC(C)(C)C.COC(=O)[C@H](CCCCNC(=O)OC(C)(C)C)NC(=O)CCCN(C(=O)OC(C)(C)C)c1cc(C)ccn1.Cc1ccnc(N(CCCC(=O)O)C(=O)OC(C)(C)C)c1.N.[3H][B][3H].[U]. The number of aromatic nitrogens is 2. The predicted octanol–water partition coefficient (Wildman–Crippen LogP) is 8.97. The Morgan fingerprint density at radius 1 is 0.625 bits per heavy atom. The number of carboxylic acid groups (broad SMARTS) is 1. The number of anilines is 2. The number of carboxylic acids is 1. The van der Waals surface area contributed by atoms with E-state index in [1.54, 1.807) is 108 Å². The molecule has 453 valence electrons. The summed E-state index contributed by atoms with van der Waals surface area (Å²) in [5, 5.41) is 16.1. The van der Waals surface area contributed by atoms with Gasteiger partial charge < -0.3 is 55.6 Å². The van der Waals surface area contributed by atoms with Crippen molar-refractivity contribution in [2.45, 2.75) is 195 Å².